The molecular weight excluding hydrogens is 802 g/mol. The number of hydrogen-bond acceptors (Lipinski definition) is 0. The van der Waals surface area contributed by atoms with Crippen LogP contribution >= 0.6 is 0 Å². The average molecular weight is 813 g/mol. The summed E-state index contributed by atoms with van der Waals surface area (Å²) in [7, 11) is 0. The van der Waals surface area contributed by atoms with E-state index in [0.717, 1.165) is 10.6 Å². The number of hydrogen-bond donors (Lipinski definition) is 0. The fourth-order valence-corrected chi connectivity index (χ4v) is 0. The van der Waals surface area contributed by atoms with Gasteiger partial charge in [0.25, 0.3) is 0 Å². The van der Waals surface area contributed by atoms with E-state index in [-0.39, 0.29) is 40.8 Å². The maximum Gasteiger partial charge on any atom is 0 e. The third-order valence-electron chi connectivity index (χ3n) is 0. The summed E-state index contributed by atoms with van der Waals surface area (Å²) in [4.78, 5) is 0. The molecule has 0 aromatic rings. The van der Waals surface area contributed by atoms with E-state index in [1.807, 2.05) is 0 Å². The Kier molecular flexibility index (Phi) is 8060. The van der Waals surface area contributed by atoms with E-state index in [4.69, 9.17) is 37.2 Å². The van der Waals surface area contributed by atoms with Gasteiger partial charge in [-0.3, -0.25) is 0 Å². The summed E-state index contributed by atoms with van der Waals surface area (Å²) in [5, 5.41) is 2.25. The molecule has 0 bridgehead atoms. The molecule has 0 aromatic heterocycles. The molecular formula is C12H10O8Re2Se2. The molecule has 12 heteroatoms. The van der Waals surface area contributed by atoms with Crippen molar-refractivity contribution in [3.05, 3.63) is 53.2 Å². The summed E-state index contributed by atoms with van der Waals surface area (Å²) in [5.74, 6) is 0. The zero-order chi connectivity index (χ0) is 21.4. The van der Waals surface area contributed by atoms with E-state index in [1.54, 1.807) is 0 Å². The van der Waals surface area contributed by atoms with Gasteiger partial charge in [-0.2, -0.15) is 0 Å². The van der Waals surface area contributed by atoms with Gasteiger partial charge in [0, 0.05) is 40.8 Å². The topological polar surface area (TPSA) is 159 Å². The largest absolute Gasteiger partial charge is 0 e. The van der Waals surface area contributed by atoms with Crippen molar-refractivity contribution in [3.8, 4) is 0 Å². The summed E-state index contributed by atoms with van der Waals surface area (Å²) < 4.78 is 60.0. The van der Waals surface area contributed by atoms with E-state index < -0.39 is 0 Å². The van der Waals surface area contributed by atoms with Gasteiger partial charge in [-0.15, -0.1) is 0 Å². The Labute approximate surface area is 186 Å². The maximum absolute atomic E-state index is 7.50. The molecule has 0 heterocycles. The van der Waals surface area contributed by atoms with Crippen molar-refractivity contribution in [1.82, 2.24) is 0 Å². The van der Waals surface area contributed by atoms with Crippen molar-refractivity contribution < 1.29 is 78.1 Å². The van der Waals surface area contributed by atoms with Crippen LogP contribution in [0.3, 0.4) is 0 Å². The Morgan fingerprint density at radius 1 is 0.417 bits per heavy atom. The molecule has 24 heavy (non-hydrogen) atoms. The Bertz CT molecular complexity index is 171. The normalized spacial score (nSPS) is 2.17. The van der Waals surface area contributed by atoms with Gasteiger partial charge < -0.3 is 0 Å². The van der Waals surface area contributed by atoms with Crippen molar-refractivity contribution in [1.29, 1.82) is 0 Å². The SMILES string of the molecule is CC[Se].CC[Se].[C-]#[O+].[C-]#[O+].[C-]#[O+].[C-]#[O+].[C-]#[O+].[C-]#[O+].[C-]#[O+].[C-]#[O+].[Re].[Re]. The second-order valence-electron chi connectivity index (χ2n) is 0.577. The van der Waals surface area contributed by atoms with Crippen LogP contribution in [-0.4, -0.2) is 32.0 Å². The Hall–Kier alpha value is 0.284. The summed E-state index contributed by atoms with van der Waals surface area (Å²) in [6.07, 6.45) is 0. The van der Waals surface area contributed by atoms with Gasteiger partial charge in [0.1, 0.15) is 0 Å². The van der Waals surface area contributed by atoms with Gasteiger partial charge >= 0.3 is 147 Å². The van der Waals surface area contributed by atoms with Crippen molar-refractivity contribution in [3.63, 3.8) is 0 Å². The van der Waals surface area contributed by atoms with Gasteiger partial charge in [-0.05, 0) is 0 Å². The van der Waals surface area contributed by atoms with Crippen LogP contribution in [-0.2, 0) is 78.1 Å². The van der Waals surface area contributed by atoms with Crippen LogP contribution in [0.15, 0.2) is 0 Å². The quantitative estimate of drug-likeness (QED) is 0.194. The second kappa shape index (κ2) is 2220. The van der Waals surface area contributed by atoms with E-state index in [9.17, 15) is 0 Å². The fraction of sp³-hybridized carbons (Fsp3) is 0.333. The molecule has 0 aliphatic heterocycles. The molecule has 0 aliphatic rings. The predicted molar refractivity (Wildman–Crippen MR) is 63.9 cm³/mol. The van der Waals surface area contributed by atoms with Crippen molar-refractivity contribution in [2.75, 3.05) is 0 Å². The third kappa shape index (κ3) is 125000. The Morgan fingerprint density at radius 3 is 0.417 bits per heavy atom. The first-order valence-electron chi connectivity index (χ1n) is 3.62. The van der Waals surface area contributed by atoms with Gasteiger partial charge in [-0.1, -0.05) is 0 Å². The smallest absolute Gasteiger partial charge is 0 e. The zero-order valence-corrected chi connectivity index (χ0v) is 21.1. The Morgan fingerprint density at radius 2 is 0.417 bits per heavy atom. The first-order chi connectivity index (χ1) is 10.8. The van der Waals surface area contributed by atoms with Crippen LogP contribution < -0.4 is 0 Å². The molecule has 0 saturated heterocycles. The molecule has 4 radical (unpaired) electrons. The standard InChI is InChI=1S/2C2H5Se.8CO.2Re/c2*1-2-3;8*1-2;;/h2*2H2,1H3;;;;;;;;;;. The second-order valence-corrected chi connectivity index (χ2v) is 3.00. The van der Waals surface area contributed by atoms with Crippen molar-refractivity contribution in [2.45, 2.75) is 24.5 Å². The molecule has 0 N–H and O–H groups in total. The minimum Gasteiger partial charge on any atom is 0 e. The molecule has 0 aromatic carbocycles. The maximum atomic E-state index is 7.50. The molecule has 0 saturated carbocycles. The third-order valence-corrected chi connectivity index (χ3v) is 0. The monoisotopic (exact) mass is 816 g/mol. The van der Waals surface area contributed by atoms with E-state index in [0.29, 0.717) is 0 Å². The molecule has 0 aliphatic carbocycles. The van der Waals surface area contributed by atoms with Crippen molar-refractivity contribution in [2.24, 2.45) is 0 Å². The fourth-order valence-electron chi connectivity index (χ4n) is 0. The first-order valence-corrected chi connectivity index (χ1v) is 6.05. The summed E-state index contributed by atoms with van der Waals surface area (Å²) in [6, 6.07) is 0. The predicted octanol–water partition coefficient (Wildman–Crippen LogP) is 0.881. The average Bonchev–Trinajstić information content (AvgIpc) is 2.69. The van der Waals surface area contributed by atoms with Gasteiger partial charge in [0.05, 0.1) is 0 Å². The van der Waals surface area contributed by atoms with Crippen LogP contribution in [0.1, 0.15) is 13.8 Å². The molecule has 0 rings (SSSR count). The van der Waals surface area contributed by atoms with Gasteiger partial charge in [0.15, 0.2) is 0 Å². The number of rotatable bonds is 0. The van der Waals surface area contributed by atoms with Crippen LogP contribution in [0.25, 0.3) is 0 Å². The minimum absolute atomic E-state index is 0. The summed E-state index contributed by atoms with van der Waals surface area (Å²) in [5.41, 5.74) is 0. The van der Waals surface area contributed by atoms with E-state index in [2.05, 4.69) is 99.1 Å². The van der Waals surface area contributed by atoms with E-state index >= 15 is 0 Å². The molecule has 132 valence electrons. The van der Waals surface area contributed by atoms with Crippen LogP contribution in [0.2, 0.25) is 10.6 Å². The first kappa shape index (κ1) is 87.2. The summed E-state index contributed by atoms with van der Waals surface area (Å²) in [6.45, 7) is 40.1. The molecule has 0 spiro atoms. The van der Waals surface area contributed by atoms with Crippen LogP contribution in [0, 0.1) is 53.2 Å². The molecule has 0 fully saturated rings. The van der Waals surface area contributed by atoms with E-state index in [1.165, 1.54) is 0 Å². The molecule has 0 atom stereocenters. The van der Waals surface area contributed by atoms with Crippen molar-refractivity contribution >= 4 is 32.0 Å². The molecule has 0 unspecified atom stereocenters. The van der Waals surface area contributed by atoms with Crippen LogP contribution in [0.4, 0.5) is 0 Å². The summed E-state index contributed by atoms with van der Waals surface area (Å²) >= 11 is 5.61. The van der Waals surface area contributed by atoms with Crippen LogP contribution in [0.5, 0.6) is 0 Å². The zero-order valence-electron chi connectivity index (χ0n) is 12.3. The molecule has 8 nitrogen and oxygen atoms in total. The Balaban J connectivity index is -0.00000000665. The minimum atomic E-state index is 0. The van der Waals surface area contributed by atoms with Gasteiger partial charge in [0.2, 0.25) is 0 Å². The van der Waals surface area contributed by atoms with Gasteiger partial charge in [-0.25, -0.2) is 0 Å². The molecule has 0 amide bonds.